The fourth-order valence-electron chi connectivity index (χ4n) is 0. The predicted molar refractivity (Wildman–Crippen MR) is 28.3 cm³/mol. The van der Waals surface area contributed by atoms with Gasteiger partial charge in [-0.2, -0.15) is 9.79 Å². The summed E-state index contributed by atoms with van der Waals surface area (Å²) in [5.74, 6) is 0. The molecule has 0 fully saturated rings. The molecule has 6 heavy (non-hydrogen) atoms. The van der Waals surface area contributed by atoms with E-state index < -0.39 is 7.94 Å². The van der Waals surface area contributed by atoms with Crippen molar-refractivity contribution in [3.63, 3.8) is 0 Å². The van der Waals surface area contributed by atoms with Crippen molar-refractivity contribution >= 4 is 18.4 Å². The molecule has 0 unspecified atom stereocenters. The van der Waals surface area contributed by atoms with Crippen LogP contribution in [0.1, 0.15) is 0 Å². The van der Waals surface area contributed by atoms with Gasteiger partial charge < -0.3 is 0 Å². The maximum absolute atomic E-state index is 8.31. The Hall–Kier alpha value is 0.527. The van der Waals surface area contributed by atoms with E-state index in [1.165, 1.54) is 6.66 Å². The first-order valence-corrected chi connectivity index (χ1v) is 4.31. The zero-order valence-electron chi connectivity index (χ0n) is 3.75. The normalized spacial score (nSPS) is 12.5. The Labute approximate surface area is 40.1 Å². The maximum Gasteiger partial charge on any atom is 0.390 e. The summed E-state index contributed by atoms with van der Waals surface area (Å²) in [6.45, 7) is 1.28. The summed E-state index contributed by atoms with van der Waals surface area (Å²) in [6.07, 6.45) is 0. The Kier molecular flexibility index (Phi) is 2.17. The van der Waals surface area contributed by atoms with Crippen molar-refractivity contribution in [2.75, 3.05) is 6.66 Å². The third kappa shape index (κ3) is 4.53. The highest BCUT2D eigenvalue weighted by Gasteiger charge is 2.21. The largest absolute Gasteiger partial charge is 0.390 e. The first kappa shape index (κ1) is 6.53. The molecule has 5 heteroatoms. The molecule has 0 spiro atoms. The van der Waals surface area contributed by atoms with E-state index in [1.807, 2.05) is 0 Å². The van der Waals surface area contributed by atoms with Crippen molar-refractivity contribution in [3.8, 4) is 0 Å². The van der Waals surface area contributed by atoms with Gasteiger partial charge in [-0.05, 0) is 0 Å². The van der Waals surface area contributed by atoms with Gasteiger partial charge >= 0.3 is 7.94 Å². The molecule has 0 atom stereocenters. The van der Waals surface area contributed by atoms with Gasteiger partial charge in [0.15, 0.2) is 0 Å². The molecule has 0 aromatic heterocycles. The van der Waals surface area contributed by atoms with Crippen LogP contribution in [0, 0.1) is 0 Å². The smallest absolute Gasteiger partial charge is 0.244 e. The summed E-state index contributed by atoms with van der Waals surface area (Å²) < 4.78 is 4.30. The molecule has 0 aliphatic carbocycles. The molecule has 0 saturated heterocycles. The standard InChI is InChI=1S/CH8O3PSi/c1-5(2,3)4-6/h2-3H,1,6H3/q+1. The molecule has 0 rings (SSSR count). The van der Waals surface area contributed by atoms with Crippen LogP contribution in [0.5, 0.6) is 0 Å². The summed E-state index contributed by atoms with van der Waals surface area (Å²) in [6, 6.07) is 0. The van der Waals surface area contributed by atoms with E-state index in [2.05, 4.69) is 4.21 Å². The van der Waals surface area contributed by atoms with Gasteiger partial charge in [0, 0.05) is 0 Å². The SMILES string of the molecule is C[P+](O)(O)O[SiH3]. The fraction of sp³-hybridized carbons (Fsp3) is 1.00. The van der Waals surface area contributed by atoms with Gasteiger partial charge in [0.1, 0.15) is 6.66 Å². The molecular weight excluding hydrogens is 119 g/mol. The Morgan fingerprint density at radius 1 is 1.67 bits per heavy atom. The van der Waals surface area contributed by atoms with E-state index in [4.69, 9.17) is 9.79 Å². The lowest BCUT2D eigenvalue weighted by Gasteiger charge is -1.98. The highest BCUT2D eigenvalue weighted by Crippen LogP contribution is 2.44. The molecule has 0 heterocycles. The lowest BCUT2D eigenvalue weighted by molar-refractivity contribution is 0.360. The summed E-state index contributed by atoms with van der Waals surface area (Å²) in [7, 11) is -2.44. The molecule has 0 aromatic carbocycles. The van der Waals surface area contributed by atoms with Crippen LogP contribution in [-0.4, -0.2) is 26.9 Å². The van der Waals surface area contributed by atoms with Gasteiger partial charge in [0.05, 0.1) is 0 Å². The second-order valence-electron chi connectivity index (χ2n) is 1.02. The monoisotopic (exact) mass is 127 g/mol. The Bertz CT molecular complexity index is 40.5. The molecule has 3 nitrogen and oxygen atoms in total. The van der Waals surface area contributed by atoms with Gasteiger partial charge in [-0.25, -0.2) is 4.21 Å². The van der Waals surface area contributed by atoms with E-state index in [0.29, 0.717) is 10.5 Å². The van der Waals surface area contributed by atoms with Gasteiger partial charge in [-0.1, -0.05) is 0 Å². The number of hydrogen-bond donors (Lipinski definition) is 2. The second-order valence-corrected chi connectivity index (χ2v) is 4.15. The molecule has 0 aromatic rings. The van der Waals surface area contributed by atoms with Crippen molar-refractivity contribution in [1.82, 2.24) is 0 Å². The van der Waals surface area contributed by atoms with Crippen molar-refractivity contribution in [1.29, 1.82) is 0 Å². The molecule has 0 bridgehead atoms. The average molecular weight is 127 g/mol. The summed E-state index contributed by atoms with van der Waals surface area (Å²) in [5, 5.41) is 0. The lowest BCUT2D eigenvalue weighted by Crippen LogP contribution is -1.87. The molecule has 0 amide bonds. The van der Waals surface area contributed by atoms with E-state index in [9.17, 15) is 0 Å². The predicted octanol–water partition coefficient (Wildman–Crippen LogP) is -1.34. The highest BCUT2D eigenvalue weighted by atomic mass is 31.2. The fourth-order valence-corrected chi connectivity index (χ4v) is 0. The molecule has 0 aliphatic rings. The van der Waals surface area contributed by atoms with Crippen LogP contribution in [-0.2, 0) is 4.21 Å². The second kappa shape index (κ2) is 2.00. The van der Waals surface area contributed by atoms with E-state index in [0.717, 1.165) is 0 Å². The Morgan fingerprint density at radius 2 is 1.83 bits per heavy atom. The summed E-state index contributed by atoms with van der Waals surface area (Å²) in [4.78, 5) is 16.6. The van der Waals surface area contributed by atoms with Crippen LogP contribution >= 0.6 is 7.94 Å². The Balaban J connectivity index is 3.17. The van der Waals surface area contributed by atoms with Gasteiger partial charge in [0.2, 0.25) is 10.5 Å². The van der Waals surface area contributed by atoms with Gasteiger partial charge in [-0.3, -0.25) is 0 Å². The molecule has 38 valence electrons. The van der Waals surface area contributed by atoms with E-state index >= 15 is 0 Å². The van der Waals surface area contributed by atoms with Gasteiger partial charge in [0.25, 0.3) is 0 Å². The third-order valence-electron chi connectivity index (χ3n) is 0.346. The van der Waals surface area contributed by atoms with Crippen molar-refractivity contribution in [2.24, 2.45) is 0 Å². The molecule has 0 aliphatic heterocycles. The zero-order chi connectivity index (χ0) is 5.21. The van der Waals surface area contributed by atoms with Crippen LogP contribution in [0.25, 0.3) is 0 Å². The minimum absolute atomic E-state index is 0.397. The van der Waals surface area contributed by atoms with Crippen LogP contribution < -0.4 is 0 Å². The molecule has 0 radical (unpaired) electrons. The van der Waals surface area contributed by atoms with Crippen molar-refractivity contribution in [2.45, 2.75) is 0 Å². The molecular formula is CH8O3PSi+. The molecule has 2 N–H and O–H groups in total. The minimum atomic E-state index is -2.83. The number of hydrogen-bond acceptors (Lipinski definition) is 3. The number of rotatable bonds is 1. The van der Waals surface area contributed by atoms with Crippen LogP contribution in [0.4, 0.5) is 0 Å². The van der Waals surface area contributed by atoms with Crippen molar-refractivity contribution < 1.29 is 14.0 Å². The highest BCUT2D eigenvalue weighted by molar-refractivity contribution is 7.59. The first-order chi connectivity index (χ1) is 2.56. The average Bonchev–Trinajstić information content (AvgIpc) is 1.35. The third-order valence-corrected chi connectivity index (χ3v) is 3.11. The van der Waals surface area contributed by atoms with E-state index in [1.54, 1.807) is 0 Å². The summed E-state index contributed by atoms with van der Waals surface area (Å²) >= 11 is 0. The van der Waals surface area contributed by atoms with Crippen LogP contribution in [0.2, 0.25) is 0 Å². The quantitative estimate of drug-likeness (QED) is 0.338. The summed E-state index contributed by atoms with van der Waals surface area (Å²) in [5.41, 5.74) is 0. The van der Waals surface area contributed by atoms with E-state index in [-0.39, 0.29) is 0 Å². The molecule has 0 saturated carbocycles. The van der Waals surface area contributed by atoms with Gasteiger partial charge in [-0.15, -0.1) is 0 Å². The Morgan fingerprint density at radius 3 is 1.83 bits per heavy atom. The van der Waals surface area contributed by atoms with Crippen LogP contribution in [0.15, 0.2) is 0 Å². The maximum atomic E-state index is 8.31. The topological polar surface area (TPSA) is 49.7 Å². The zero-order valence-corrected chi connectivity index (χ0v) is 6.64. The first-order valence-electron chi connectivity index (χ1n) is 1.44. The van der Waals surface area contributed by atoms with Crippen molar-refractivity contribution in [3.05, 3.63) is 0 Å². The lowest BCUT2D eigenvalue weighted by atomic mass is 12.0. The minimum Gasteiger partial charge on any atom is -0.244 e. The van der Waals surface area contributed by atoms with Crippen LogP contribution in [0.3, 0.4) is 0 Å².